The fourth-order valence-electron chi connectivity index (χ4n) is 5.34. The van der Waals surface area contributed by atoms with Crippen molar-refractivity contribution in [2.45, 2.75) is 49.3 Å². The molecular weight excluding hydrogens is 470 g/mol. The lowest BCUT2D eigenvalue weighted by atomic mass is 9.74. The number of hydrogen-bond donors (Lipinski definition) is 1. The minimum Gasteiger partial charge on any atom is -0.340 e. The molecule has 2 aliphatic heterocycles. The van der Waals surface area contributed by atoms with E-state index in [2.05, 4.69) is 0 Å². The molecule has 0 radical (unpaired) electrons. The van der Waals surface area contributed by atoms with Crippen molar-refractivity contribution in [1.29, 1.82) is 0 Å². The van der Waals surface area contributed by atoms with Crippen molar-refractivity contribution >= 4 is 37.1 Å². The topological polar surface area (TPSA) is 118 Å². The molecule has 2 atom stereocenters. The van der Waals surface area contributed by atoms with Gasteiger partial charge >= 0.3 is 0 Å². The summed E-state index contributed by atoms with van der Waals surface area (Å²) in [7, 11) is -6.80. The van der Waals surface area contributed by atoms with Crippen molar-refractivity contribution in [3.05, 3.63) is 17.0 Å². The molecule has 8 nitrogen and oxygen atoms in total. The maximum atomic E-state index is 13.5. The molecular formula is C21H33N3O5S3. The number of thiophene rings is 1. The number of nitrogens with two attached hydrogens (primary N) is 1. The van der Waals surface area contributed by atoms with Crippen LogP contribution in [0.15, 0.2) is 16.3 Å². The molecule has 1 aliphatic carbocycles. The van der Waals surface area contributed by atoms with Crippen LogP contribution in [0.5, 0.6) is 0 Å². The number of carbonyl (C=O) groups is 1. The van der Waals surface area contributed by atoms with Gasteiger partial charge in [-0.05, 0) is 30.4 Å². The van der Waals surface area contributed by atoms with Crippen molar-refractivity contribution in [3.8, 4) is 0 Å². The highest BCUT2D eigenvalue weighted by Crippen LogP contribution is 2.39. The highest BCUT2D eigenvalue weighted by molar-refractivity contribution is 7.91. The van der Waals surface area contributed by atoms with Gasteiger partial charge in [-0.1, -0.05) is 32.1 Å². The Balaban J connectivity index is 1.56. The largest absolute Gasteiger partial charge is 0.340 e. The van der Waals surface area contributed by atoms with E-state index in [1.807, 2.05) is 0 Å². The second-order valence-electron chi connectivity index (χ2n) is 9.31. The van der Waals surface area contributed by atoms with Crippen LogP contribution in [0.4, 0.5) is 0 Å². The summed E-state index contributed by atoms with van der Waals surface area (Å²) in [5.41, 5.74) is 5.68. The number of hydrogen-bond acceptors (Lipinski definition) is 7. The third-order valence-corrected chi connectivity index (χ3v) is 12.2. The quantitative estimate of drug-likeness (QED) is 0.653. The number of amides is 1. The molecule has 2 saturated heterocycles. The fourth-order valence-corrected chi connectivity index (χ4v) is 9.48. The molecule has 32 heavy (non-hydrogen) atoms. The Morgan fingerprint density at radius 2 is 1.75 bits per heavy atom. The van der Waals surface area contributed by atoms with Crippen molar-refractivity contribution in [2.24, 2.45) is 23.5 Å². The predicted molar refractivity (Wildman–Crippen MR) is 124 cm³/mol. The number of rotatable bonds is 5. The van der Waals surface area contributed by atoms with Crippen molar-refractivity contribution in [3.63, 3.8) is 0 Å². The molecule has 1 aromatic heterocycles. The maximum absolute atomic E-state index is 13.5. The smallest absolute Gasteiger partial charge is 0.252 e. The first kappa shape index (κ1) is 24.1. The van der Waals surface area contributed by atoms with Crippen LogP contribution < -0.4 is 5.73 Å². The Kier molecular flexibility index (Phi) is 7.31. The van der Waals surface area contributed by atoms with Gasteiger partial charge in [0, 0.05) is 37.6 Å². The number of nitrogens with zero attached hydrogens (tertiary/aromatic N) is 2. The lowest BCUT2D eigenvalue weighted by Crippen LogP contribution is -2.53. The van der Waals surface area contributed by atoms with Crippen molar-refractivity contribution in [2.75, 3.05) is 37.7 Å². The molecule has 0 spiro atoms. The molecule has 1 saturated carbocycles. The van der Waals surface area contributed by atoms with Crippen LogP contribution in [0.2, 0.25) is 0 Å². The zero-order chi connectivity index (χ0) is 22.9. The summed E-state index contributed by atoms with van der Waals surface area (Å²) in [6, 6.07) is 3.36. The number of carbonyl (C=O) groups excluding carboxylic acids is 1. The number of sulfone groups is 1. The molecule has 180 valence electrons. The first-order chi connectivity index (χ1) is 15.2. The van der Waals surface area contributed by atoms with E-state index in [0.717, 1.165) is 30.6 Å². The van der Waals surface area contributed by atoms with E-state index >= 15 is 0 Å². The summed E-state index contributed by atoms with van der Waals surface area (Å²) in [4.78, 5) is 15.8. The van der Waals surface area contributed by atoms with E-state index in [4.69, 9.17) is 5.73 Å². The SMILES string of the molecule is NCc1ccc(S(=O)(=O)N2CC(C3CCCCC3)C[C@@H](C(=O)N3CCS(=O)(=O)CC3)C2)s1. The van der Waals surface area contributed by atoms with E-state index < -0.39 is 25.8 Å². The first-order valence-corrected chi connectivity index (χ1v) is 15.6. The highest BCUT2D eigenvalue weighted by Gasteiger charge is 2.42. The predicted octanol–water partition coefficient (Wildman–Crippen LogP) is 1.67. The van der Waals surface area contributed by atoms with Gasteiger partial charge in [0.05, 0.1) is 17.4 Å². The molecule has 4 rings (SSSR count). The van der Waals surface area contributed by atoms with Crippen molar-refractivity contribution in [1.82, 2.24) is 9.21 Å². The second-order valence-corrected chi connectivity index (χ2v) is 15.0. The van der Waals surface area contributed by atoms with E-state index in [9.17, 15) is 21.6 Å². The summed E-state index contributed by atoms with van der Waals surface area (Å²) in [6.45, 7) is 1.29. The Hall–Kier alpha value is -1.01. The van der Waals surface area contributed by atoms with Gasteiger partial charge in [-0.3, -0.25) is 4.79 Å². The van der Waals surface area contributed by atoms with Crippen LogP contribution in [-0.4, -0.2) is 69.6 Å². The minimum atomic E-state index is -3.71. The average Bonchev–Trinajstić information content (AvgIpc) is 3.29. The van der Waals surface area contributed by atoms with Crippen LogP contribution in [0.25, 0.3) is 0 Å². The molecule has 1 aromatic rings. The average molecular weight is 504 g/mol. The van der Waals surface area contributed by atoms with Gasteiger partial charge in [0.1, 0.15) is 4.21 Å². The zero-order valence-electron chi connectivity index (χ0n) is 18.3. The van der Waals surface area contributed by atoms with E-state index in [-0.39, 0.29) is 47.2 Å². The second kappa shape index (κ2) is 9.69. The maximum Gasteiger partial charge on any atom is 0.252 e. The summed E-state index contributed by atoms with van der Waals surface area (Å²) in [6.07, 6.45) is 6.36. The molecule has 1 unspecified atom stereocenters. The van der Waals surface area contributed by atoms with Gasteiger partial charge < -0.3 is 10.6 Å². The van der Waals surface area contributed by atoms with Crippen LogP contribution in [0.3, 0.4) is 0 Å². The minimum absolute atomic E-state index is 0.0173. The molecule has 3 aliphatic rings. The lowest BCUT2D eigenvalue weighted by Gasteiger charge is -2.42. The van der Waals surface area contributed by atoms with Crippen LogP contribution in [0, 0.1) is 17.8 Å². The number of sulfonamides is 1. The Morgan fingerprint density at radius 3 is 2.38 bits per heavy atom. The summed E-state index contributed by atoms with van der Waals surface area (Å²) >= 11 is 1.19. The van der Waals surface area contributed by atoms with Crippen molar-refractivity contribution < 1.29 is 21.6 Å². The summed E-state index contributed by atoms with van der Waals surface area (Å²) in [5.74, 6) is 0.0132. The lowest BCUT2D eigenvalue weighted by molar-refractivity contribution is -0.137. The van der Waals surface area contributed by atoms with Crippen LogP contribution >= 0.6 is 11.3 Å². The van der Waals surface area contributed by atoms with Gasteiger partial charge in [-0.25, -0.2) is 16.8 Å². The van der Waals surface area contributed by atoms with Gasteiger partial charge in [0.25, 0.3) is 10.0 Å². The molecule has 2 N–H and O–H groups in total. The number of piperidine rings is 1. The Bertz CT molecular complexity index is 1020. The monoisotopic (exact) mass is 503 g/mol. The first-order valence-electron chi connectivity index (χ1n) is 11.5. The van der Waals surface area contributed by atoms with Crippen LogP contribution in [-0.2, 0) is 31.2 Å². The van der Waals surface area contributed by atoms with Gasteiger partial charge in [0.2, 0.25) is 5.91 Å². The Morgan fingerprint density at radius 1 is 1.06 bits per heavy atom. The molecule has 0 aromatic carbocycles. The molecule has 0 bridgehead atoms. The summed E-state index contributed by atoms with van der Waals surface area (Å²) in [5, 5.41) is 0. The Labute approximate surface area is 195 Å². The van der Waals surface area contributed by atoms with E-state index in [0.29, 0.717) is 25.4 Å². The zero-order valence-corrected chi connectivity index (χ0v) is 20.8. The van der Waals surface area contributed by atoms with E-state index in [1.165, 1.54) is 22.1 Å². The molecule has 11 heteroatoms. The molecule has 3 fully saturated rings. The fraction of sp³-hybridized carbons (Fsp3) is 0.762. The molecule has 3 heterocycles. The molecule has 1 amide bonds. The van der Waals surface area contributed by atoms with Gasteiger partial charge in [0.15, 0.2) is 9.84 Å². The summed E-state index contributed by atoms with van der Waals surface area (Å²) < 4.78 is 52.3. The highest BCUT2D eigenvalue weighted by atomic mass is 32.2. The normalized spacial score (nSPS) is 28.0. The van der Waals surface area contributed by atoms with Gasteiger partial charge in [-0.15, -0.1) is 11.3 Å². The third kappa shape index (κ3) is 5.22. The van der Waals surface area contributed by atoms with Crippen LogP contribution in [0.1, 0.15) is 43.4 Å². The van der Waals surface area contributed by atoms with E-state index in [1.54, 1.807) is 17.0 Å². The standard InChI is InChI=1S/C21H33N3O5S3/c22-13-19-6-7-20(30-19)32(28,29)24-14-17(16-4-2-1-3-5-16)12-18(15-24)21(25)23-8-10-31(26,27)11-9-23/h6-7,16-18H,1-5,8-15,22H2/t17?,18-/m1/s1. The van der Waals surface area contributed by atoms with Gasteiger partial charge in [-0.2, -0.15) is 4.31 Å². The third-order valence-electron chi connectivity index (χ3n) is 7.20.